The van der Waals surface area contributed by atoms with Crippen molar-refractivity contribution in [1.29, 1.82) is 0 Å². The van der Waals surface area contributed by atoms with Crippen LogP contribution < -0.4 is 5.32 Å². The van der Waals surface area contributed by atoms with Gasteiger partial charge in [-0.15, -0.1) is 0 Å². The highest BCUT2D eigenvalue weighted by molar-refractivity contribution is 5.90. The van der Waals surface area contributed by atoms with E-state index in [0.29, 0.717) is 5.69 Å². The van der Waals surface area contributed by atoms with Crippen LogP contribution in [0, 0.1) is 6.92 Å². The number of anilines is 1. The van der Waals surface area contributed by atoms with Gasteiger partial charge in [0.05, 0.1) is 11.2 Å². The van der Waals surface area contributed by atoms with Gasteiger partial charge in [0.25, 0.3) is 0 Å². The van der Waals surface area contributed by atoms with Crippen molar-refractivity contribution >= 4 is 22.7 Å². The van der Waals surface area contributed by atoms with E-state index in [2.05, 4.69) is 15.5 Å². The maximum atomic E-state index is 11.6. The second-order valence-corrected chi connectivity index (χ2v) is 5.20. The SMILES string of the molecule is Cc1n[nH]c2ccc(NC(=O)OC(C)(C)C)cc12. The molecule has 18 heavy (non-hydrogen) atoms. The fourth-order valence-corrected chi connectivity index (χ4v) is 1.64. The predicted molar refractivity (Wildman–Crippen MR) is 70.7 cm³/mol. The number of carbonyl (C=O) groups is 1. The number of benzene rings is 1. The molecule has 2 N–H and O–H groups in total. The summed E-state index contributed by atoms with van der Waals surface area (Å²) in [6, 6.07) is 5.56. The minimum absolute atomic E-state index is 0.456. The third-order valence-electron chi connectivity index (χ3n) is 2.40. The molecule has 0 radical (unpaired) electrons. The van der Waals surface area contributed by atoms with Gasteiger partial charge >= 0.3 is 6.09 Å². The minimum atomic E-state index is -0.500. The van der Waals surface area contributed by atoms with Gasteiger partial charge in [-0.1, -0.05) is 0 Å². The molecule has 0 spiro atoms. The van der Waals surface area contributed by atoms with Crippen LogP contribution in [-0.4, -0.2) is 21.9 Å². The average Bonchev–Trinajstić information content (AvgIpc) is 2.57. The Morgan fingerprint density at radius 1 is 1.39 bits per heavy atom. The Labute approximate surface area is 106 Å². The molecule has 96 valence electrons. The summed E-state index contributed by atoms with van der Waals surface area (Å²) in [5, 5.41) is 10.7. The molecule has 0 aliphatic rings. The van der Waals surface area contributed by atoms with Crippen LogP contribution in [0.1, 0.15) is 26.5 Å². The molecule has 0 saturated heterocycles. The summed E-state index contributed by atoms with van der Waals surface area (Å²) in [5.41, 5.74) is 2.04. The number of aromatic nitrogens is 2. The molecule has 1 heterocycles. The first-order valence-electron chi connectivity index (χ1n) is 5.80. The van der Waals surface area contributed by atoms with Crippen molar-refractivity contribution in [3.63, 3.8) is 0 Å². The fourth-order valence-electron chi connectivity index (χ4n) is 1.64. The van der Waals surface area contributed by atoms with Crippen LogP contribution in [0.5, 0.6) is 0 Å². The number of ether oxygens (including phenoxy) is 1. The highest BCUT2D eigenvalue weighted by Crippen LogP contribution is 2.20. The number of amides is 1. The number of aryl methyl sites for hydroxylation is 1. The lowest BCUT2D eigenvalue weighted by Crippen LogP contribution is -2.27. The number of fused-ring (bicyclic) bond motifs is 1. The van der Waals surface area contributed by atoms with Crippen LogP contribution in [0.25, 0.3) is 10.9 Å². The average molecular weight is 247 g/mol. The smallest absolute Gasteiger partial charge is 0.412 e. The van der Waals surface area contributed by atoms with Gasteiger partial charge in [0.15, 0.2) is 0 Å². The molecule has 1 amide bonds. The zero-order valence-electron chi connectivity index (χ0n) is 11.0. The molecule has 1 aromatic carbocycles. The van der Waals surface area contributed by atoms with Crippen LogP contribution in [0.2, 0.25) is 0 Å². The molecular formula is C13H17N3O2. The quantitative estimate of drug-likeness (QED) is 0.813. The van der Waals surface area contributed by atoms with Crippen molar-refractivity contribution in [2.45, 2.75) is 33.3 Å². The van der Waals surface area contributed by atoms with E-state index in [0.717, 1.165) is 16.6 Å². The van der Waals surface area contributed by atoms with E-state index >= 15 is 0 Å². The number of aromatic amines is 1. The lowest BCUT2D eigenvalue weighted by atomic mass is 10.2. The van der Waals surface area contributed by atoms with Gasteiger partial charge in [-0.25, -0.2) is 4.79 Å². The van der Waals surface area contributed by atoms with E-state index in [1.54, 1.807) is 0 Å². The van der Waals surface area contributed by atoms with Crippen molar-refractivity contribution in [3.05, 3.63) is 23.9 Å². The topological polar surface area (TPSA) is 67.0 Å². The predicted octanol–water partition coefficient (Wildman–Crippen LogP) is 3.22. The molecule has 0 aliphatic heterocycles. The number of carbonyl (C=O) groups excluding carboxylic acids is 1. The number of rotatable bonds is 1. The van der Waals surface area contributed by atoms with E-state index in [9.17, 15) is 4.79 Å². The molecule has 0 aliphatic carbocycles. The van der Waals surface area contributed by atoms with Crippen molar-refractivity contribution in [3.8, 4) is 0 Å². The van der Waals surface area contributed by atoms with Crippen LogP contribution in [0.4, 0.5) is 10.5 Å². The number of nitrogens with zero attached hydrogens (tertiary/aromatic N) is 1. The molecule has 5 nitrogen and oxygen atoms in total. The molecule has 2 aromatic rings. The second kappa shape index (κ2) is 4.33. The Bertz CT molecular complexity index is 581. The van der Waals surface area contributed by atoms with Gasteiger partial charge in [-0.05, 0) is 45.9 Å². The van der Waals surface area contributed by atoms with Gasteiger partial charge < -0.3 is 4.74 Å². The summed E-state index contributed by atoms with van der Waals surface area (Å²) in [6.07, 6.45) is -0.456. The first kappa shape index (κ1) is 12.4. The molecule has 0 unspecified atom stereocenters. The van der Waals surface area contributed by atoms with Crippen molar-refractivity contribution < 1.29 is 9.53 Å². The maximum absolute atomic E-state index is 11.6. The summed E-state index contributed by atoms with van der Waals surface area (Å²) in [7, 11) is 0. The summed E-state index contributed by atoms with van der Waals surface area (Å²) in [4.78, 5) is 11.6. The maximum Gasteiger partial charge on any atom is 0.412 e. The van der Waals surface area contributed by atoms with Gasteiger partial charge in [0, 0.05) is 11.1 Å². The number of hydrogen-bond acceptors (Lipinski definition) is 3. The molecule has 0 atom stereocenters. The molecule has 0 saturated carbocycles. The van der Waals surface area contributed by atoms with Gasteiger partial charge in [-0.2, -0.15) is 5.10 Å². The Hall–Kier alpha value is -2.04. The Kier molecular flexibility index (Phi) is 2.98. The molecule has 0 bridgehead atoms. The third kappa shape index (κ3) is 2.80. The zero-order valence-corrected chi connectivity index (χ0v) is 11.0. The van der Waals surface area contributed by atoms with Gasteiger partial charge in [0.1, 0.15) is 5.60 Å². The van der Waals surface area contributed by atoms with Crippen LogP contribution in [0.15, 0.2) is 18.2 Å². The lowest BCUT2D eigenvalue weighted by Gasteiger charge is -2.19. The van der Waals surface area contributed by atoms with Crippen LogP contribution in [0.3, 0.4) is 0 Å². The van der Waals surface area contributed by atoms with E-state index in [1.807, 2.05) is 45.9 Å². The Balaban J connectivity index is 2.17. The Morgan fingerprint density at radius 2 is 2.11 bits per heavy atom. The van der Waals surface area contributed by atoms with E-state index in [1.165, 1.54) is 0 Å². The van der Waals surface area contributed by atoms with Crippen molar-refractivity contribution in [2.24, 2.45) is 0 Å². The van der Waals surface area contributed by atoms with E-state index in [4.69, 9.17) is 4.74 Å². The number of hydrogen-bond donors (Lipinski definition) is 2. The first-order chi connectivity index (χ1) is 8.35. The third-order valence-corrected chi connectivity index (χ3v) is 2.40. The highest BCUT2D eigenvalue weighted by atomic mass is 16.6. The zero-order chi connectivity index (χ0) is 13.3. The van der Waals surface area contributed by atoms with E-state index in [-0.39, 0.29) is 0 Å². The van der Waals surface area contributed by atoms with Crippen molar-refractivity contribution in [1.82, 2.24) is 10.2 Å². The summed E-state index contributed by atoms with van der Waals surface area (Å²) in [5.74, 6) is 0. The second-order valence-electron chi connectivity index (χ2n) is 5.20. The standard InChI is InChI=1S/C13H17N3O2/c1-8-10-7-9(5-6-11(10)16-15-8)14-12(17)18-13(2,3)4/h5-7H,1-4H3,(H,14,17)(H,15,16). The Morgan fingerprint density at radius 3 is 2.78 bits per heavy atom. The molecule has 0 fully saturated rings. The largest absolute Gasteiger partial charge is 0.444 e. The van der Waals surface area contributed by atoms with Crippen LogP contribution in [-0.2, 0) is 4.74 Å². The van der Waals surface area contributed by atoms with E-state index < -0.39 is 11.7 Å². The number of H-pyrrole nitrogens is 1. The molecule has 5 heteroatoms. The normalized spacial score (nSPS) is 11.6. The monoisotopic (exact) mass is 247 g/mol. The first-order valence-corrected chi connectivity index (χ1v) is 5.80. The lowest BCUT2D eigenvalue weighted by molar-refractivity contribution is 0.0636. The van der Waals surface area contributed by atoms with Crippen molar-refractivity contribution in [2.75, 3.05) is 5.32 Å². The summed E-state index contributed by atoms with van der Waals surface area (Å²) >= 11 is 0. The van der Waals surface area contributed by atoms with Crippen LogP contribution >= 0.6 is 0 Å². The molecule has 2 rings (SSSR count). The molecular weight excluding hydrogens is 230 g/mol. The fraction of sp³-hybridized carbons (Fsp3) is 0.385. The molecule has 1 aromatic heterocycles. The van der Waals surface area contributed by atoms with Gasteiger partial charge in [0.2, 0.25) is 0 Å². The number of nitrogens with one attached hydrogen (secondary N) is 2. The van der Waals surface area contributed by atoms with Gasteiger partial charge in [-0.3, -0.25) is 10.4 Å². The summed E-state index contributed by atoms with van der Waals surface area (Å²) < 4.78 is 5.19. The summed E-state index contributed by atoms with van der Waals surface area (Å²) in [6.45, 7) is 7.40. The minimum Gasteiger partial charge on any atom is -0.444 e. The highest BCUT2D eigenvalue weighted by Gasteiger charge is 2.16.